The van der Waals surface area contributed by atoms with E-state index in [1.165, 1.54) is 6.33 Å². The first-order valence-corrected chi connectivity index (χ1v) is 6.78. The second-order valence-electron chi connectivity index (χ2n) is 4.35. The van der Waals surface area contributed by atoms with Gasteiger partial charge in [-0.15, -0.1) is 0 Å². The number of aromatic nitrogens is 2. The number of anilines is 3. The van der Waals surface area contributed by atoms with Gasteiger partial charge in [-0.25, -0.2) is 9.97 Å². The molecule has 3 rings (SSSR count). The molecule has 0 spiro atoms. The van der Waals surface area contributed by atoms with Crippen molar-refractivity contribution >= 4 is 28.9 Å². The molecule has 0 saturated heterocycles. The molecule has 0 fully saturated rings. The fourth-order valence-electron chi connectivity index (χ4n) is 1.79. The topological polar surface area (TPSA) is 63.0 Å². The van der Waals surface area contributed by atoms with Crippen LogP contribution in [0.4, 0.5) is 17.3 Å². The maximum Gasteiger partial charge on any atom is 0.135 e. The second-order valence-corrected chi connectivity index (χ2v) is 4.79. The first-order chi connectivity index (χ1) is 10.3. The molecule has 0 aliphatic rings. The summed E-state index contributed by atoms with van der Waals surface area (Å²) in [4.78, 5) is 8.35. The number of nitrogens with zero attached hydrogens (tertiary/aromatic N) is 2. The lowest BCUT2D eigenvalue weighted by Crippen LogP contribution is -2.02. The Morgan fingerprint density at radius 3 is 2.62 bits per heavy atom. The predicted molar refractivity (Wildman–Crippen MR) is 82.8 cm³/mol. The molecule has 0 saturated carbocycles. The van der Waals surface area contributed by atoms with Crippen molar-refractivity contribution in [2.75, 3.05) is 10.6 Å². The van der Waals surface area contributed by atoms with Crippen LogP contribution in [0, 0.1) is 0 Å². The van der Waals surface area contributed by atoms with E-state index in [9.17, 15) is 0 Å². The highest BCUT2D eigenvalue weighted by Gasteiger charge is 2.01. The summed E-state index contributed by atoms with van der Waals surface area (Å²) in [6.45, 7) is 0.574. The summed E-state index contributed by atoms with van der Waals surface area (Å²) in [6.07, 6.45) is 3.15. The fraction of sp³-hybridized carbons (Fsp3) is 0.0667. The summed E-state index contributed by atoms with van der Waals surface area (Å²) in [5.74, 6) is 2.27. The third kappa shape index (κ3) is 3.73. The molecule has 0 aliphatic carbocycles. The van der Waals surface area contributed by atoms with Crippen LogP contribution in [0.1, 0.15) is 5.76 Å². The van der Waals surface area contributed by atoms with Crippen molar-refractivity contribution in [1.29, 1.82) is 0 Å². The fourth-order valence-corrected chi connectivity index (χ4v) is 1.92. The normalized spacial score (nSPS) is 10.3. The standard InChI is InChI=1S/C15H13ClN4O/c16-11-3-5-12(6-4-11)20-15-8-14(18-10-19-15)17-9-13-2-1-7-21-13/h1-8,10H,9H2,(H2,17,18,19,20). The van der Waals surface area contributed by atoms with Crippen LogP contribution in [0.2, 0.25) is 5.02 Å². The molecule has 2 aromatic heterocycles. The molecular weight excluding hydrogens is 288 g/mol. The van der Waals surface area contributed by atoms with Gasteiger partial charge in [0, 0.05) is 16.8 Å². The first kappa shape index (κ1) is 13.5. The number of furan rings is 1. The molecular formula is C15H13ClN4O. The molecule has 0 unspecified atom stereocenters. The van der Waals surface area contributed by atoms with E-state index in [0.29, 0.717) is 17.4 Å². The van der Waals surface area contributed by atoms with Gasteiger partial charge in [-0.1, -0.05) is 11.6 Å². The Bertz CT molecular complexity index is 698. The van der Waals surface area contributed by atoms with Gasteiger partial charge in [-0.2, -0.15) is 0 Å². The van der Waals surface area contributed by atoms with Crippen LogP contribution in [0.15, 0.2) is 59.5 Å². The van der Waals surface area contributed by atoms with Crippen LogP contribution < -0.4 is 10.6 Å². The summed E-state index contributed by atoms with van der Waals surface area (Å²) >= 11 is 5.86. The summed E-state index contributed by atoms with van der Waals surface area (Å²) in [6, 6.07) is 13.0. The lowest BCUT2D eigenvalue weighted by molar-refractivity contribution is 0.518. The molecule has 0 radical (unpaired) electrons. The van der Waals surface area contributed by atoms with E-state index in [1.54, 1.807) is 6.26 Å². The molecule has 21 heavy (non-hydrogen) atoms. The molecule has 106 valence electrons. The third-order valence-electron chi connectivity index (χ3n) is 2.81. The van der Waals surface area contributed by atoms with E-state index < -0.39 is 0 Å². The van der Waals surface area contributed by atoms with Crippen LogP contribution in [0.25, 0.3) is 0 Å². The number of nitrogens with one attached hydrogen (secondary N) is 2. The number of halogens is 1. The lowest BCUT2D eigenvalue weighted by Gasteiger charge is -2.08. The van der Waals surface area contributed by atoms with E-state index >= 15 is 0 Å². The largest absolute Gasteiger partial charge is 0.467 e. The van der Waals surface area contributed by atoms with Gasteiger partial charge in [-0.3, -0.25) is 0 Å². The average Bonchev–Trinajstić information content (AvgIpc) is 3.01. The molecule has 1 aromatic carbocycles. The van der Waals surface area contributed by atoms with Crippen molar-refractivity contribution in [1.82, 2.24) is 9.97 Å². The number of rotatable bonds is 5. The van der Waals surface area contributed by atoms with Gasteiger partial charge in [0.1, 0.15) is 23.7 Å². The third-order valence-corrected chi connectivity index (χ3v) is 3.06. The Kier molecular flexibility index (Phi) is 4.02. The highest BCUT2D eigenvalue weighted by molar-refractivity contribution is 6.30. The quantitative estimate of drug-likeness (QED) is 0.743. The smallest absolute Gasteiger partial charge is 0.135 e. The summed E-state index contributed by atoms with van der Waals surface area (Å²) < 4.78 is 5.26. The molecule has 0 amide bonds. The van der Waals surface area contributed by atoms with Crippen molar-refractivity contribution in [3.05, 3.63) is 65.8 Å². The zero-order valence-electron chi connectivity index (χ0n) is 11.1. The van der Waals surface area contributed by atoms with Crippen LogP contribution in [0.3, 0.4) is 0 Å². The molecule has 0 bridgehead atoms. The zero-order valence-corrected chi connectivity index (χ0v) is 11.8. The maximum absolute atomic E-state index is 5.86. The second kappa shape index (κ2) is 6.28. The number of hydrogen-bond acceptors (Lipinski definition) is 5. The Balaban J connectivity index is 1.66. The summed E-state index contributed by atoms with van der Waals surface area (Å²) in [5, 5.41) is 7.07. The van der Waals surface area contributed by atoms with Gasteiger partial charge >= 0.3 is 0 Å². The van der Waals surface area contributed by atoms with Crippen molar-refractivity contribution in [2.24, 2.45) is 0 Å². The highest BCUT2D eigenvalue weighted by Crippen LogP contribution is 2.18. The van der Waals surface area contributed by atoms with Gasteiger partial charge in [0.2, 0.25) is 0 Å². The number of hydrogen-bond donors (Lipinski definition) is 2. The highest BCUT2D eigenvalue weighted by atomic mass is 35.5. The summed E-state index contributed by atoms with van der Waals surface area (Å²) in [7, 11) is 0. The molecule has 0 aliphatic heterocycles. The van der Waals surface area contributed by atoms with E-state index in [4.69, 9.17) is 16.0 Å². The lowest BCUT2D eigenvalue weighted by atomic mass is 10.3. The average molecular weight is 301 g/mol. The van der Waals surface area contributed by atoms with E-state index in [-0.39, 0.29) is 0 Å². The van der Waals surface area contributed by atoms with Crippen molar-refractivity contribution in [2.45, 2.75) is 6.54 Å². The van der Waals surface area contributed by atoms with Gasteiger partial charge in [0.15, 0.2) is 0 Å². The van der Waals surface area contributed by atoms with Crippen LogP contribution >= 0.6 is 11.6 Å². The van der Waals surface area contributed by atoms with Gasteiger partial charge in [-0.05, 0) is 36.4 Å². The van der Waals surface area contributed by atoms with Crippen LogP contribution in [-0.2, 0) is 6.54 Å². The Hall–Kier alpha value is -2.53. The molecule has 5 nitrogen and oxygen atoms in total. The van der Waals surface area contributed by atoms with Crippen LogP contribution in [-0.4, -0.2) is 9.97 Å². The predicted octanol–water partition coefficient (Wildman–Crippen LogP) is 4.08. The molecule has 2 heterocycles. The monoisotopic (exact) mass is 300 g/mol. The Morgan fingerprint density at radius 2 is 1.86 bits per heavy atom. The van der Waals surface area contributed by atoms with Crippen LogP contribution in [0.5, 0.6) is 0 Å². The summed E-state index contributed by atoms with van der Waals surface area (Å²) in [5.41, 5.74) is 0.912. The van der Waals surface area contributed by atoms with Crippen molar-refractivity contribution < 1.29 is 4.42 Å². The Labute approximate surface area is 127 Å². The molecule has 6 heteroatoms. The van der Waals surface area contributed by atoms with Crippen molar-refractivity contribution in [3.8, 4) is 0 Å². The van der Waals surface area contributed by atoms with Gasteiger partial charge in [0.25, 0.3) is 0 Å². The minimum atomic E-state index is 0.574. The molecule has 3 aromatic rings. The number of benzene rings is 1. The SMILES string of the molecule is Clc1ccc(Nc2cc(NCc3ccco3)ncn2)cc1. The van der Waals surface area contributed by atoms with E-state index in [2.05, 4.69) is 20.6 Å². The van der Waals surface area contributed by atoms with Crippen molar-refractivity contribution in [3.63, 3.8) is 0 Å². The molecule has 2 N–H and O–H groups in total. The van der Waals surface area contributed by atoms with E-state index in [0.717, 1.165) is 17.3 Å². The first-order valence-electron chi connectivity index (χ1n) is 6.40. The minimum Gasteiger partial charge on any atom is -0.467 e. The maximum atomic E-state index is 5.86. The van der Waals surface area contributed by atoms with Gasteiger partial charge in [0.05, 0.1) is 12.8 Å². The zero-order chi connectivity index (χ0) is 14.5. The van der Waals surface area contributed by atoms with Gasteiger partial charge < -0.3 is 15.1 Å². The molecule has 0 atom stereocenters. The van der Waals surface area contributed by atoms with E-state index in [1.807, 2.05) is 42.5 Å². The minimum absolute atomic E-state index is 0.574. The Morgan fingerprint density at radius 1 is 1.05 bits per heavy atom.